The fraction of sp³-hybridized carbons (Fsp3) is 0.400. The lowest BCUT2D eigenvalue weighted by molar-refractivity contribution is 0.0921. The molecule has 0 aromatic heterocycles. The number of aliphatic hydroxyl groups excluding tert-OH is 1. The van der Waals surface area contributed by atoms with Gasteiger partial charge in [-0.15, -0.1) is 0 Å². The normalized spacial score (nSPS) is 12.5. The van der Waals surface area contributed by atoms with Gasteiger partial charge in [0, 0.05) is 29.8 Å². The molecule has 0 aliphatic rings. The zero-order valence-electron chi connectivity index (χ0n) is 22.7. The maximum absolute atomic E-state index is 10.6. The average Bonchev–Trinajstić information content (AvgIpc) is 2.91. The molecule has 0 bridgehead atoms. The minimum atomic E-state index is -0.686. The van der Waals surface area contributed by atoms with Crippen LogP contribution in [0.1, 0.15) is 31.0 Å². The summed E-state index contributed by atoms with van der Waals surface area (Å²) < 4.78 is 22.5. The predicted octanol–water partition coefficient (Wildman–Crippen LogP) is 4.54. The number of nitrogens with zero attached hydrogens (tertiary/aromatic N) is 1. The molecule has 2 N–H and O–H groups in total. The van der Waals surface area contributed by atoms with Gasteiger partial charge < -0.3 is 29.4 Å². The van der Waals surface area contributed by atoms with Crippen LogP contribution < -0.4 is 24.3 Å². The molecule has 0 spiro atoms. The van der Waals surface area contributed by atoms with E-state index in [-0.39, 0.29) is 18.2 Å². The van der Waals surface area contributed by atoms with Gasteiger partial charge in [-0.25, -0.2) is 0 Å². The molecule has 0 heterocycles. The van der Waals surface area contributed by atoms with Crippen molar-refractivity contribution in [1.82, 2.24) is 10.2 Å². The van der Waals surface area contributed by atoms with Crippen molar-refractivity contribution in [2.75, 3.05) is 48.1 Å². The molecule has 0 amide bonds. The highest BCUT2D eigenvalue weighted by molar-refractivity contribution is 5.46. The van der Waals surface area contributed by atoms with Crippen LogP contribution in [0.5, 0.6) is 23.0 Å². The van der Waals surface area contributed by atoms with Crippen molar-refractivity contribution in [3.63, 3.8) is 0 Å². The van der Waals surface area contributed by atoms with E-state index in [4.69, 9.17) is 18.9 Å². The third kappa shape index (κ3) is 7.61. The largest absolute Gasteiger partial charge is 0.496 e. The van der Waals surface area contributed by atoms with E-state index in [1.807, 2.05) is 60.7 Å². The van der Waals surface area contributed by atoms with Crippen LogP contribution in [0.25, 0.3) is 0 Å². The lowest BCUT2D eigenvalue weighted by Crippen LogP contribution is -2.51. The molecule has 1 atom stereocenters. The Bertz CT molecular complexity index is 1070. The number of para-hydroxylation sites is 4. The molecule has 3 aromatic carbocycles. The second kappa shape index (κ2) is 13.3. The summed E-state index contributed by atoms with van der Waals surface area (Å²) in [5.74, 6) is 2.89. The summed E-state index contributed by atoms with van der Waals surface area (Å²) in [6, 6.07) is 23.4. The predicted molar refractivity (Wildman–Crippen MR) is 147 cm³/mol. The second-order valence-electron chi connectivity index (χ2n) is 9.68. The van der Waals surface area contributed by atoms with Crippen LogP contribution in [0.4, 0.5) is 0 Å². The molecule has 0 saturated heterocycles. The number of hydrogen-bond acceptors (Lipinski definition) is 7. The molecule has 0 aliphatic carbocycles. The number of methoxy groups -OCH3 is 3. The van der Waals surface area contributed by atoms with Gasteiger partial charge in [0.15, 0.2) is 11.5 Å². The van der Waals surface area contributed by atoms with Crippen molar-refractivity contribution in [2.45, 2.75) is 31.5 Å². The Morgan fingerprint density at radius 3 is 1.73 bits per heavy atom. The zero-order chi connectivity index (χ0) is 26.8. The van der Waals surface area contributed by atoms with Crippen molar-refractivity contribution in [3.05, 3.63) is 83.9 Å². The van der Waals surface area contributed by atoms with Gasteiger partial charge in [-0.2, -0.15) is 0 Å². The Morgan fingerprint density at radius 1 is 0.757 bits per heavy atom. The first-order chi connectivity index (χ1) is 17.8. The Hall–Kier alpha value is -3.26. The van der Waals surface area contributed by atoms with Crippen molar-refractivity contribution in [3.8, 4) is 23.0 Å². The Labute approximate surface area is 220 Å². The van der Waals surface area contributed by atoms with Gasteiger partial charge in [-0.1, -0.05) is 48.5 Å². The van der Waals surface area contributed by atoms with E-state index in [1.165, 1.54) is 0 Å². The Balaban J connectivity index is 1.71. The molecule has 200 valence electrons. The van der Waals surface area contributed by atoms with Gasteiger partial charge >= 0.3 is 0 Å². The average molecular weight is 509 g/mol. The van der Waals surface area contributed by atoms with Crippen LogP contribution in [0, 0.1) is 0 Å². The van der Waals surface area contributed by atoms with Crippen LogP contribution in [-0.4, -0.2) is 69.7 Å². The van der Waals surface area contributed by atoms with E-state index in [1.54, 1.807) is 21.3 Å². The highest BCUT2D eigenvalue weighted by Gasteiger charge is 2.30. The molecule has 37 heavy (non-hydrogen) atoms. The summed E-state index contributed by atoms with van der Waals surface area (Å²) in [6.07, 6.45) is -0.686. The lowest BCUT2D eigenvalue weighted by atomic mass is 9.93. The van der Waals surface area contributed by atoms with Gasteiger partial charge in [-0.3, -0.25) is 4.90 Å². The molecular weight excluding hydrogens is 468 g/mol. The number of aliphatic hydroxyl groups is 1. The van der Waals surface area contributed by atoms with Gasteiger partial charge in [0.2, 0.25) is 0 Å². The first kappa shape index (κ1) is 28.3. The van der Waals surface area contributed by atoms with E-state index >= 15 is 0 Å². The molecule has 3 aromatic rings. The summed E-state index contributed by atoms with van der Waals surface area (Å²) in [5.41, 5.74) is 1.79. The van der Waals surface area contributed by atoms with Crippen molar-refractivity contribution in [2.24, 2.45) is 0 Å². The minimum absolute atomic E-state index is 0.104. The number of benzene rings is 3. The first-order valence-electron chi connectivity index (χ1n) is 12.4. The van der Waals surface area contributed by atoms with Gasteiger partial charge in [0.05, 0.1) is 27.4 Å². The molecule has 0 saturated carbocycles. The number of ether oxygens (including phenoxy) is 4. The standard InChI is InChI=1S/C30H40N2O5/c1-30(2,31-19-22(33)20-37-28-18-12-11-17-27(28)36-6)21-32(3)29(23-13-7-9-15-25(23)34-4)24-14-8-10-16-26(24)35-5/h7-18,22,29,31,33H,19-21H2,1-6H3. The van der Waals surface area contributed by atoms with Gasteiger partial charge in [0.1, 0.15) is 24.2 Å². The summed E-state index contributed by atoms with van der Waals surface area (Å²) in [4.78, 5) is 2.28. The molecule has 7 heteroatoms. The molecular formula is C30H40N2O5. The number of nitrogens with one attached hydrogen (secondary N) is 1. The maximum atomic E-state index is 10.6. The van der Waals surface area contributed by atoms with E-state index in [9.17, 15) is 5.11 Å². The second-order valence-corrected chi connectivity index (χ2v) is 9.68. The van der Waals surface area contributed by atoms with Crippen LogP contribution in [-0.2, 0) is 0 Å². The van der Waals surface area contributed by atoms with Crippen molar-refractivity contribution >= 4 is 0 Å². The maximum Gasteiger partial charge on any atom is 0.161 e. The van der Waals surface area contributed by atoms with E-state index in [0.717, 1.165) is 22.6 Å². The van der Waals surface area contributed by atoms with Crippen LogP contribution in [0.15, 0.2) is 72.8 Å². The van der Waals surface area contributed by atoms with Crippen LogP contribution >= 0.6 is 0 Å². The van der Waals surface area contributed by atoms with Crippen molar-refractivity contribution in [1.29, 1.82) is 0 Å². The molecule has 0 aliphatic heterocycles. The Morgan fingerprint density at radius 2 is 1.22 bits per heavy atom. The summed E-state index contributed by atoms with van der Waals surface area (Å²) >= 11 is 0. The van der Waals surface area contributed by atoms with Gasteiger partial charge in [-0.05, 0) is 45.2 Å². The third-order valence-electron chi connectivity index (χ3n) is 6.27. The first-order valence-corrected chi connectivity index (χ1v) is 12.4. The van der Waals surface area contributed by atoms with Crippen LogP contribution in [0.2, 0.25) is 0 Å². The summed E-state index contributed by atoms with van der Waals surface area (Å²) in [6.45, 7) is 5.47. The topological polar surface area (TPSA) is 72.4 Å². The number of β-amino-alcohol motifs (C(OH)–C–C–N with tert-alkyl or cyclic N) is 1. The molecule has 0 fully saturated rings. The highest BCUT2D eigenvalue weighted by atomic mass is 16.5. The number of likely N-dealkylation sites (N-methyl/N-ethyl adjacent to an activating group) is 1. The lowest BCUT2D eigenvalue weighted by Gasteiger charge is -2.37. The Kier molecular flexibility index (Phi) is 10.2. The third-order valence-corrected chi connectivity index (χ3v) is 6.27. The SMILES string of the molecule is COc1ccccc1OCC(O)CNC(C)(C)CN(C)C(c1ccccc1OC)c1ccccc1OC. The van der Waals surface area contributed by atoms with Gasteiger partial charge in [0.25, 0.3) is 0 Å². The molecule has 7 nitrogen and oxygen atoms in total. The van der Waals surface area contributed by atoms with E-state index < -0.39 is 6.10 Å². The minimum Gasteiger partial charge on any atom is -0.496 e. The van der Waals surface area contributed by atoms with Crippen molar-refractivity contribution < 1.29 is 24.1 Å². The summed E-state index contributed by atoms with van der Waals surface area (Å²) in [7, 11) is 7.08. The number of rotatable bonds is 14. The molecule has 0 radical (unpaired) electrons. The van der Waals surface area contributed by atoms with Crippen LogP contribution in [0.3, 0.4) is 0 Å². The smallest absolute Gasteiger partial charge is 0.161 e. The molecule has 3 rings (SSSR count). The zero-order valence-corrected chi connectivity index (χ0v) is 22.7. The monoisotopic (exact) mass is 508 g/mol. The summed E-state index contributed by atoms with van der Waals surface area (Å²) in [5, 5.41) is 14.1. The van der Waals surface area contributed by atoms with E-state index in [0.29, 0.717) is 24.6 Å². The number of hydrogen-bond donors (Lipinski definition) is 2. The fourth-order valence-corrected chi connectivity index (χ4v) is 4.57. The quantitative estimate of drug-likeness (QED) is 0.331. The highest BCUT2D eigenvalue weighted by Crippen LogP contribution is 2.38. The van der Waals surface area contributed by atoms with E-state index in [2.05, 4.69) is 43.2 Å². The molecule has 1 unspecified atom stereocenters. The fourth-order valence-electron chi connectivity index (χ4n) is 4.57.